The Balaban J connectivity index is 1.44. The van der Waals surface area contributed by atoms with E-state index in [4.69, 9.17) is 9.47 Å². The van der Waals surface area contributed by atoms with Gasteiger partial charge in [-0.2, -0.15) is 10.2 Å². The third-order valence-corrected chi connectivity index (χ3v) is 5.16. The Hall–Kier alpha value is -3.13. The molecule has 8 nitrogen and oxygen atoms in total. The number of anilines is 1. The average Bonchev–Trinajstić information content (AvgIpc) is 3.35. The number of aryl methyl sites for hydroxylation is 1. The van der Waals surface area contributed by atoms with Crippen LogP contribution in [-0.4, -0.2) is 45.8 Å². The number of hydrogen-bond acceptors (Lipinski definition) is 5. The SMILES string of the molecule is COc1cccc(-c2cc(C(=O)Nc3cnn(CC4CCOCC4)c3)n(C)n2)c1. The van der Waals surface area contributed by atoms with Gasteiger partial charge in [0.15, 0.2) is 0 Å². The average molecular weight is 395 g/mol. The van der Waals surface area contributed by atoms with Crippen LogP contribution in [0.2, 0.25) is 0 Å². The fraction of sp³-hybridized carbons (Fsp3) is 0.381. The Morgan fingerprint density at radius 3 is 2.93 bits per heavy atom. The minimum atomic E-state index is -0.222. The zero-order chi connectivity index (χ0) is 20.2. The number of methoxy groups -OCH3 is 1. The summed E-state index contributed by atoms with van der Waals surface area (Å²) in [5.41, 5.74) is 2.75. The van der Waals surface area contributed by atoms with Crippen molar-refractivity contribution < 1.29 is 14.3 Å². The molecule has 4 rings (SSSR count). The molecule has 2 aromatic heterocycles. The first kappa shape index (κ1) is 19.2. The molecule has 1 aromatic carbocycles. The van der Waals surface area contributed by atoms with Crippen LogP contribution < -0.4 is 10.1 Å². The summed E-state index contributed by atoms with van der Waals surface area (Å²) in [5, 5.41) is 11.8. The molecule has 1 amide bonds. The highest BCUT2D eigenvalue weighted by Gasteiger charge is 2.17. The van der Waals surface area contributed by atoms with E-state index in [1.54, 1.807) is 31.1 Å². The van der Waals surface area contributed by atoms with Gasteiger partial charge >= 0.3 is 0 Å². The van der Waals surface area contributed by atoms with Crippen LogP contribution in [0, 0.1) is 5.92 Å². The number of ether oxygens (including phenoxy) is 2. The quantitative estimate of drug-likeness (QED) is 0.694. The summed E-state index contributed by atoms with van der Waals surface area (Å²) >= 11 is 0. The minimum Gasteiger partial charge on any atom is -0.497 e. The molecule has 0 saturated carbocycles. The lowest BCUT2D eigenvalue weighted by atomic mass is 10.0. The molecule has 0 bridgehead atoms. The van der Waals surface area contributed by atoms with E-state index in [1.165, 1.54) is 0 Å². The first-order valence-electron chi connectivity index (χ1n) is 9.72. The van der Waals surface area contributed by atoms with Crippen molar-refractivity contribution in [2.24, 2.45) is 13.0 Å². The normalized spacial score (nSPS) is 14.7. The third-order valence-electron chi connectivity index (χ3n) is 5.16. The first-order valence-corrected chi connectivity index (χ1v) is 9.72. The Labute approximate surface area is 169 Å². The number of carbonyl (C=O) groups excluding carboxylic acids is 1. The van der Waals surface area contributed by atoms with Gasteiger partial charge in [0.1, 0.15) is 11.4 Å². The molecule has 0 unspecified atom stereocenters. The fourth-order valence-corrected chi connectivity index (χ4v) is 3.52. The van der Waals surface area contributed by atoms with Gasteiger partial charge in [0.25, 0.3) is 5.91 Å². The van der Waals surface area contributed by atoms with E-state index < -0.39 is 0 Å². The highest BCUT2D eigenvalue weighted by Crippen LogP contribution is 2.24. The van der Waals surface area contributed by atoms with Gasteiger partial charge in [0.2, 0.25) is 0 Å². The van der Waals surface area contributed by atoms with Crippen LogP contribution in [-0.2, 0) is 18.3 Å². The number of carbonyl (C=O) groups is 1. The van der Waals surface area contributed by atoms with Crippen LogP contribution in [0.1, 0.15) is 23.3 Å². The molecule has 1 aliphatic rings. The molecule has 152 valence electrons. The fourth-order valence-electron chi connectivity index (χ4n) is 3.52. The van der Waals surface area contributed by atoms with Crippen LogP contribution in [0.25, 0.3) is 11.3 Å². The predicted molar refractivity (Wildman–Crippen MR) is 109 cm³/mol. The summed E-state index contributed by atoms with van der Waals surface area (Å²) < 4.78 is 14.1. The second-order valence-electron chi connectivity index (χ2n) is 7.23. The zero-order valence-corrected chi connectivity index (χ0v) is 16.7. The largest absolute Gasteiger partial charge is 0.497 e. The Morgan fingerprint density at radius 2 is 2.14 bits per heavy atom. The summed E-state index contributed by atoms with van der Waals surface area (Å²) in [6.07, 6.45) is 5.64. The van der Waals surface area contributed by atoms with E-state index in [0.29, 0.717) is 23.0 Å². The zero-order valence-electron chi connectivity index (χ0n) is 16.7. The van der Waals surface area contributed by atoms with E-state index in [2.05, 4.69) is 15.5 Å². The van der Waals surface area contributed by atoms with Gasteiger partial charge in [-0.1, -0.05) is 12.1 Å². The van der Waals surface area contributed by atoms with Crippen molar-refractivity contribution in [2.45, 2.75) is 19.4 Å². The molecule has 1 saturated heterocycles. The number of benzene rings is 1. The van der Waals surface area contributed by atoms with Crippen molar-refractivity contribution in [1.29, 1.82) is 0 Å². The summed E-state index contributed by atoms with van der Waals surface area (Å²) in [5.74, 6) is 1.09. The summed E-state index contributed by atoms with van der Waals surface area (Å²) in [4.78, 5) is 12.8. The third kappa shape index (κ3) is 4.48. The van der Waals surface area contributed by atoms with E-state index in [-0.39, 0.29) is 5.91 Å². The predicted octanol–water partition coefficient (Wildman–Crippen LogP) is 2.97. The van der Waals surface area contributed by atoms with E-state index in [1.807, 2.05) is 35.1 Å². The van der Waals surface area contributed by atoms with Crippen LogP contribution in [0.3, 0.4) is 0 Å². The summed E-state index contributed by atoms with van der Waals surface area (Å²) in [6, 6.07) is 9.38. The molecule has 3 heterocycles. The summed E-state index contributed by atoms with van der Waals surface area (Å²) in [6.45, 7) is 2.46. The van der Waals surface area contributed by atoms with E-state index >= 15 is 0 Å². The number of amides is 1. The van der Waals surface area contributed by atoms with Crippen molar-refractivity contribution in [2.75, 3.05) is 25.6 Å². The lowest BCUT2D eigenvalue weighted by Gasteiger charge is -2.21. The van der Waals surface area contributed by atoms with Gasteiger partial charge in [-0.15, -0.1) is 0 Å². The number of rotatable bonds is 6. The number of nitrogens with zero attached hydrogens (tertiary/aromatic N) is 4. The van der Waals surface area contributed by atoms with Crippen molar-refractivity contribution >= 4 is 11.6 Å². The van der Waals surface area contributed by atoms with Crippen molar-refractivity contribution in [3.05, 3.63) is 48.4 Å². The van der Waals surface area contributed by atoms with Gasteiger partial charge in [0, 0.05) is 38.6 Å². The van der Waals surface area contributed by atoms with Crippen LogP contribution >= 0.6 is 0 Å². The van der Waals surface area contributed by atoms with Crippen LogP contribution in [0.4, 0.5) is 5.69 Å². The monoisotopic (exact) mass is 395 g/mol. The van der Waals surface area contributed by atoms with Crippen LogP contribution in [0.15, 0.2) is 42.7 Å². The Kier molecular flexibility index (Phi) is 5.62. The molecule has 1 N–H and O–H groups in total. The maximum atomic E-state index is 12.8. The lowest BCUT2D eigenvalue weighted by molar-refractivity contribution is 0.0601. The van der Waals surface area contributed by atoms with Gasteiger partial charge < -0.3 is 14.8 Å². The molecular formula is C21H25N5O3. The highest BCUT2D eigenvalue weighted by molar-refractivity contribution is 6.03. The highest BCUT2D eigenvalue weighted by atomic mass is 16.5. The number of nitrogens with one attached hydrogen (secondary N) is 1. The van der Waals surface area contributed by atoms with E-state index in [0.717, 1.165) is 43.9 Å². The molecule has 8 heteroatoms. The van der Waals surface area contributed by atoms with Gasteiger partial charge in [-0.05, 0) is 37.0 Å². The molecule has 0 aliphatic carbocycles. The molecule has 3 aromatic rings. The topological polar surface area (TPSA) is 83.2 Å². The first-order chi connectivity index (χ1) is 14.1. The number of aromatic nitrogens is 4. The molecule has 29 heavy (non-hydrogen) atoms. The standard InChI is InChI=1S/C21H25N5O3/c1-25-20(11-19(24-25)16-4-3-5-18(10-16)28-2)21(27)23-17-12-22-26(14-17)13-15-6-8-29-9-7-15/h3-5,10-12,14-15H,6-9,13H2,1-2H3,(H,23,27). The molecule has 0 radical (unpaired) electrons. The van der Waals surface area contributed by atoms with Crippen molar-refractivity contribution in [3.63, 3.8) is 0 Å². The second kappa shape index (κ2) is 8.48. The Morgan fingerprint density at radius 1 is 1.31 bits per heavy atom. The van der Waals surface area contributed by atoms with Crippen LogP contribution in [0.5, 0.6) is 5.75 Å². The number of hydrogen-bond donors (Lipinski definition) is 1. The molecular weight excluding hydrogens is 370 g/mol. The smallest absolute Gasteiger partial charge is 0.274 e. The van der Waals surface area contributed by atoms with Crippen molar-refractivity contribution in [3.8, 4) is 17.0 Å². The second-order valence-corrected chi connectivity index (χ2v) is 7.23. The molecule has 0 spiro atoms. The molecule has 1 aliphatic heterocycles. The molecule has 1 fully saturated rings. The maximum absolute atomic E-state index is 12.8. The lowest BCUT2D eigenvalue weighted by Crippen LogP contribution is -2.20. The van der Waals surface area contributed by atoms with E-state index in [9.17, 15) is 4.79 Å². The Bertz CT molecular complexity index is 988. The summed E-state index contributed by atoms with van der Waals surface area (Å²) in [7, 11) is 3.38. The van der Waals surface area contributed by atoms with Crippen molar-refractivity contribution in [1.82, 2.24) is 19.6 Å². The maximum Gasteiger partial charge on any atom is 0.274 e. The van der Waals surface area contributed by atoms with Gasteiger partial charge in [-0.25, -0.2) is 0 Å². The minimum absolute atomic E-state index is 0.222. The molecule has 0 atom stereocenters. The van der Waals surface area contributed by atoms with Gasteiger partial charge in [-0.3, -0.25) is 14.2 Å². The van der Waals surface area contributed by atoms with Gasteiger partial charge in [0.05, 0.1) is 24.7 Å².